The van der Waals surface area contributed by atoms with Gasteiger partial charge in [0.1, 0.15) is 5.82 Å². The van der Waals surface area contributed by atoms with Crippen molar-refractivity contribution in [1.82, 2.24) is 9.78 Å². The lowest BCUT2D eigenvalue weighted by Crippen LogP contribution is -2.14. The van der Waals surface area contributed by atoms with Crippen LogP contribution in [0.25, 0.3) is 0 Å². The number of anilines is 1. The molecular formula is C12H10BrClFN3O. The molecule has 0 radical (unpaired) electrons. The fourth-order valence-corrected chi connectivity index (χ4v) is 2.25. The highest BCUT2D eigenvalue weighted by Crippen LogP contribution is 2.28. The van der Waals surface area contributed by atoms with Crippen LogP contribution >= 0.6 is 27.5 Å². The summed E-state index contributed by atoms with van der Waals surface area (Å²) in [6.45, 7) is 0. The molecule has 1 N–H and O–H groups in total. The number of amides is 1. The molecule has 7 heteroatoms. The van der Waals surface area contributed by atoms with Gasteiger partial charge in [0.15, 0.2) is 0 Å². The third-order valence-corrected chi connectivity index (χ3v) is 3.33. The van der Waals surface area contributed by atoms with Crippen LogP contribution in [0, 0.1) is 5.82 Å². The van der Waals surface area contributed by atoms with Gasteiger partial charge in [-0.15, -0.1) is 0 Å². The Kier molecular flexibility index (Phi) is 4.21. The summed E-state index contributed by atoms with van der Waals surface area (Å²) in [5.74, 6) is -0.766. The molecule has 0 atom stereocenters. The van der Waals surface area contributed by atoms with Crippen molar-refractivity contribution >= 4 is 39.1 Å². The van der Waals surface area contributed by atoms with Crippen molar-refractivity contribution in [3.05, 3.63) is 45.4 Å². The van der Waals surface area contributed by atoms with Crippen LogP contribution < -0.4 is 5.32 Å². The van der Waals surface area contributed by atoms with Gasteiger partial charge in [-0.25, -0.2) is 4.39 Å². The molecule has 0 saturated carbocycles. The Morgan fingerprint density at radius 1 is 1.58 bits per heavy atom. The number of nitrogens with one attached hydrogen (secondary N) is 1. The van der Waals surface area contributed by atoms with E-state index in [1.165, 1.54) is 12.1 Å². The zero-order valence-electron chi connectivity index (χ0n) is 9.95. The average molecular weight is 347 g/mol. The Morgan fingerprint density at radius 2 is 2.32 bits per heavy atom. The van der Waals surface area contributed by atoms with E-state index >= 15 is 0 Å². The first-order chi connectivity index (χ1) is 8.95. The van der Waals surface area contributed by atoms with Gasteiger partial charge in [0.25, 0.3) is 0 Å². The molecule has 0 fully saturated rings. The van der Waals surface area contributed by atoms with Crippen LogP contribution in [0.1, 0.15) is 5.56 Å². The largest absolute Gasteiger partial charge is 0.324 e. The molecular weight excluding hydrogens is 337 g/mol. The highest BCUT2D eigenvalue weighted by molar-refractivity contribution is 9.10. The molecule has 1 aromatic heterocycles. The minimum Gasteiger partial charge on any atom is -0.324 e. The molecule has 0 aliphatic rings. The van der Waals surface area contributed by atoms with Gasteiger partial charge in [-0.05, 0) is 27.6 Å². The lowest BCUT2D eigenvalue weighted by molar-refractivity contribution is -0.115. The van der Waals surface area contributed by atoms with Gasteiger partial charge in [-0.3, -0.25) is 9.48 Å². The zero-order chi connectivity index (χ0) is 14.0. The van der Waals surface area contributed by atoms with Gasteiger partial charge in [-0.2, -0.15) is 5.10 Å². The first-order valence-corrected chi connectivity index (χ1v) is 6.54. The first-order valence-electron chi connectivity index (χ1n) is 5.37. The maximum absolute atomic E-state index is 13.4. The van der Waals surface area contributed by atoms with Crippen molar-refractivity contribution in [2.45, 2.75) is 6.42 Å². The summed E-state index contributed by atoms with van der Waals surface area (Å²) in [5, 5.41) is 6.80. The Bertz CT molecular complexity index is 629. The number of hydrogen-bond acceptors (Lipinski definition) is 2. The summed E-state index contributed by atoms with van der Waals surface area (Å²) in [6, 6.07) is 2.57. The highest BCUT2D eigenvalue weighted by atomic mass is 79.9. The van der Waals surface area contributed by atoms with Crippen LogP contribution in [0.15, 0.2) is 29.0 Å². The van der Waals surface area contributed by atoms with Gasteiger partial charge in [0.05, 0.1) is 27.8 Å². The molecule has 4 nitrogen and oxygen atoms in total. The molecule has 0 aliphatic heterocycles. The average Bonchev–Trinajstić information content (AvgIpc) is 2.71. The summed E-state index contributed by atoms with van der Waals surface area (Å²) in [6.07, 6.45) is 3.49. The number of carbonyl (C=O) groups is 1. The molecule has 1 aromatic carbocycles. The predicted octanol–water partition coefficient (Wildman–Crippen LogP) is 3.16. The molecule has 1 heterocycles. The molecule has 0 aliphatic carbocycles. The van der Waals surface area contributed by atoms with E-state index in [1.54, 1.807) is 24.1 Å². The monoisotopic (exact) mass is 345 g/mol. The van der Waals surface area contributed by atoms with Crippen molar-refractivity contribution in [1.29, 1.82) is 0 Å². The second-order valence-electron chi connectivity index (χ2n) is 3.99. The normalized spacial score (nSPS) is 10.5. The SMILES string of the molecule is Cn1cc(CC(=O)Nc2cc(F)c(Br)cc2Cl)cn1. The van der Waals surface area contributed by atoms with Crippen molar-refractivity contribution in [2.24, 2.45) is 7.05 Å². The number of benzene rings is 1. The van der Waals surface area contributed by atoms with E-state index in [4.69, 9.17) is 11.6 Å². The Hall–Kier alpha value is -1.40. The van der Waals surface area contributed by atoms with E-state index < -0.39 is 5.82 Å². The molecule has 2 rings (SSSR count). The summed E-state index contributed by atoms with van der Waals surface area (Å²) in [7, 11) is 1.77. The predicted molar refractivity (Wildman–Crippen MR) is 74.7 cm³/mol. The minimum absolute atomic E-state index is 0.155. The van der Waals surface area contributed by atoms with Crippen molar-refractivity contribution in [3.63, 3.8) is 0 Å². The third kappa shape index (κ3) is 3.54. The van der Waals surface area contributed by atoms with Crippen LogP contribution in [0.2, 0.25) is 5.02 Å². The van der Waals surface area contributed by atoms with E-state index in [0.29, 0.717) is 0 Å². The van der Waals surface area contributed by atoms with Crippen LogP contribution in [-0.4, -0.2) is 15.7 Å². The van der Waals surface area contributed by atoms with Gasteiger partial charge < -0.3 is 5.32 Å². The van der Waals surface area contributed by atoms with E-state index in [-0.39, 0.29) is 27.5 Å². The third-order valence-electron chi connectivity index (χ3n) is 2.41. The Balaban J connectivity index is 2.09. The number of rotatable bonds is 3. The number of halogens is 3. The first kappa shape index (κ1) is 14.0. The summed E-state index contributed by atoms with van der Waals surface area (Å²) < 4.78 is 15.2. The van der Waals surface area contributed by atoms with Crippen molar-refractivity contribution in [2.75, 3.05) is 5.32 Å². The standard InChI is InChI=1S/C12H10BrClFN3O/c1-18-6-7(5-16-18)2-12(19)17-11-4-10(15)8(13)3-9(11)14/h3-6H,2H2,1H3,(H,17,19). The second kappa shape index (κ2) is 5.71. The van der Waals surface area contributed by atoms with E-state index in [0.717, 1.165) is 5.56 Å². The molecule has 2 aromatic rings. The maximum atomic E-state index is 13.4. The topological polar surface area (TPSA) is 46.9 Å². The lowest BCUT2D eigenvalue weighted by Gasteiger charge is -2.07. The van der Waals surface area contributed by atoms with Crippen LogP contribution in [0.4, 0.5) is 10.1 Å². The summed E-state index contributed by atoms with van der Waals surface area (Å²) in [5.41, 5.74) is 1.02. The number of aromatic nitrogens is 2. The zero-order valence-corrected chi connectivity index (χ0v) is 12.3. The fourth-order valence-electron chi connectivity index (χ4n) is 1.56. The molecule has 100 valence electrons. The fraction of sp³-hybridized carbons (Fsp3) is 0.167. The molecule has 0 saturated heterocycles. The van der Waals surface area contributed by atoms with Crippen LogP contribution in [-0.2, 0) is 18.3 Å². The van der Waals surface area contributed by atoms with E-state index in [9.17, 15) is 9.18 Å². The molecule has 1 amide bonds. The molecule has 0 spiro atoms. The van der Waals surface area contributed by atoms with Gasteiger partial charge in [0.2, 0.25) is 5.91 Å². The van der Waals surface area contributed by atoms with Crippen LogP contribution in [0.5, 0.6) is 0 Å². The quantitative estimate of drug-likeness (QED) is 0.868. The van der Waals surface area contributed by atoms with E-state index in [1.807, 2.05) is 0 Å². The smallest absolute Gasteiger partial charge is 0.228 e. The molecule has 0 bridgehead atoms. The Labute approximate surface area is 122 Å². The summed E-state index contributed by atoms with van der Waals surface area (Å²) >= 11 is 8.94. The maximum Gasteiger partial charge on any atom is 0.228 e. The van der Waals surface area contributed by atoms with Gasteiger partial charge in [-0.1, -0.05) is 11.6 Å². The van der Waals surface area contributed by atoms with Gasteiger partial charge >= 0.3 is 0 Å². The lowest BCUT2D eigenvalue weighted by atomic mass is 10.2. The number of carbonyl (C=O) groups excluding carboxylic acids is 1. The highest BCUT2D eigenvalue weighted by Gasteiger charge is 2.11. The molecule has 19 heavy (non-hydrogen) atoms. The molecule has 0 unspecified atom stereocenters. The number of nitrogens with zero attached hydrogens (tertiary/aromatic N) is 2. The van der Waals surface area contributed by atoms with Crippen molar-refractivity contribution < 1.29 is 9.18 Å². The second-order valence-corrected chi connectivity index (χ2v) is 5.25. The minimum atomic E-state index is -0.485. The van der Waals surface area contributed by atoms with Crippen molar-refractivity contribution in [3.8, 4) is 0 Å². The number of aryl methyl sites for hydroxylation is 1. The van der Waals surface area contributed by atoms with E-state index in [2.05, 4.69) is 26.3 Å². The Morgan fingerprint density at radius 3 is 2.95 bits per heavy atom. The van der Waals surface area contributed by atoms with Crippen LogP contribution in [0.3, 0.4) is 0 Å². The number of hydrogen-bond donors (Lipinski definition) is 1. The van der Waals surface area contributed by atoms with Gasteiger partial charge in [0, 0.05) is 19.3 Å². The summed E-state index contributed by atoms with van der Waals surface area (Å²) in [4.78, 5) is 11.8.